The molecule has 1 saturated heterocycles. The number of hydrogen-bond acceptors (Lipinski definition) is 7. The molecule has 2 aromatic rings. The number of carbonyl (C=O) groups is 3. The van der Waals surface area contributed by atoms with E-state index in [2.05, 4.69) is 11.5 Å². The monoisotopic (exact) mass is 521 g/mol. The Morgan fingerprint density at radius 2 is 1.76 bits per heavy atom. The summed E-state index contributed by atoms with van der Waals surface area (Å²) >= 11 is 0. The topological polar surface area (TPSA) is 122 Å². The van der Waals surface area contributed by atoms with Crippen LogP contribution in [0.15, 0.2) is 60.7 Å². The Morgan fingerprint density at radius 3 is 2.34 bits per heavy atom. The lowest BCUT2D eigenvalue weighted by molar-refractivity contribution is -0.140. The normalized spacial score (nSPS) is 16.6. The van der Waals surface area contributed by atoms with Gasteiger partial charge in [0.1, 0.15) is 23.9 Å². The van der Waals surface area contributed by atoms with Crippen LogP contribution in [0.4, 0.5) is 0 Å². The van der Waals surface area contributed by atoms with Crippen molar-refractivity contribution in [2.24, 2.45) is 5.73 Å². The molecule has 202 valence electrons. The maximum absolute atomic E-state index is 13.3. The highest BCUT2D eigenvalue weighted by Crippen LogP contribution is 2.40. The molecule has 1 heterocycles. The van der Waals surface area contributed by atoms with Gasteiger partial charge in [-0.2, -0.15) is 0 Å². The van der Waals surface area contributed by atoms with Crippen molar-refractivity contribution in [2.75, 3.05) is 39.4 Å². The second-order valence-corrected chi connectivity index (χ2v) is 8.92. The summed E-state index contributed by atoms with van der Waals surface area (Å²) in [4.78, 5) is 41.3. The second-order valence-electron chi connectivity index (χ2n) is 8.92. The lowest BCUT2D eigenvalue weighted by Gasteiger charge is -2.28. The average Bonchev–Trinajstić information content (AvgIpc) is 3.16. The van der Waals surface area contributed by atoms with Gasteiger partial charge in [0.25, 0.3) is 17.6 Å². The summed E-state index contributed by atoms with van der Waals surface area (Å²) in [6, 6.07) is 11.0. The number of aryl methyl sites for hydroxylation is 1. The van der Waals surface area contributed by atoms with Crippen molar-refractivity contribution in [2.45, 2.75) is 26.8 Å². The lowest BCUT2D eigenvalue weighted by atomic mass is 9.94. The molecule has 38 heavy (non-hydrogen) atoms. The summed E-state index contributed by atoms with van der Waals surface area (Å²) in [5, 5.41) is 11.4. The summed E-state index contributed by atoms with van der Waals surface area (Å²) in [5.74, 6) is -1.25. The summed E-state index contributed by atoms with van der Waals surface area (Å²) in [5.41, 5.74) is 6.92. The van der Waals surface area contributed by atoms with Gasteiger partial charge in [0.2, 0.25) is 0 Å². The van der Waals surface area contributed by atoms with E-state index in [0.29, 0.717) is 47.9 Å². The maximum atomic E-state index is 13.3. The van der Waals surface area contributed by atoms with Crippen molar-refractivity contribution >= 4 is 23.4 Å². The molecule has 0 saturated carbocycles. The minimum absolute atomic E-state index is 0.0169. The van der Waals surface area contributed by atoms with Crippen LogP contribution in [0.3, 0.4) is 0 Å². The number of ether oxygens (including phenoxy) is 2. The number of benzene rings is 2. The Kier molecular flexibility index (Phi) is 9.67. The van der Waals surface area contributed by atoms with Gasteiger partial charge in [0.15, 0.2) is 6.61 Å². The molecule has 0 aromatic heterocycles. The first kappa shape index (κ1) is 28.5. The lowest BCUT2D eigenvalue weighted by Crippen LogP contribution is -2.38. The highest BCUT2D eigenvalue weighted by Gasteiger charge is 2.46. The van der Waals surface area contributed by atoms with Crippen LogP contribution in [0, 0.1) is 6.92 Å². The molecule has 2 aromatic carbocycles. The highest BCUT2D eigenvalue weighted by atomic mass is 16.5. The fourth-order valence-corrected chi connectivity index (χ4v) is 4.44. The van der Waals surface area contributed by atoms with Gasteiger partial charge in [-0.05, 0) is 61.5 Å². The number of rotatable bonds is 13. The van der Waals surface area contributed by atoms with E-state index in [4.69, 9.17) is 15.2 Å². The third-order valence-electron chi connectivity index (χ3n) is 6.49. The fraction of sp³-hybridized carbons (Fsp3) is 0.345. The standard InChI is InChI=1S/C29H35N3O6/c1-5-16-37-22-12-13-23(19(4)17-22)27(34)25-26(20-8-10-21(11-9-20)38-18-24(30)33)32(29(36)28(25)35)15-14-31(6-2)7-3/h5,8-13,17,26,34H,1,6-7,14-16,18H2,2-4H3,(H2,30,33)/b27-25+. The molecule has 3 rings (SSSR count). The van der Waals surface area contributed by atoms with Crippen LogP contribution in [0.5, 0.6) is 11.5 Å². The number of ketones is 1. The Bertz CT molecular complexity index is 1220. The molecular formula is C29H35N3O6. The van der Waals surface area contributed by atoms with Crippen LogP contribution in [0.1, 0.15) is 36.6 Å². The van der Waals surface area contributed by atoms with Crippen LogP contribution in [-0.2, 0) is 14.4 Å². The van der Waals surface area contributed by atoms with Crippen LogP contribution in [0.25, 0.3) is 5.76 Å². The molecule has 1 aliphatic heterocycles. The number of amides is 2. The second kappa shape index (κ2) is 12.9. The quantitative estimate of drug-likeness (QED) is 0.180. The molecule has 1 aliphatic rings. The number of nitrogens with two attached hydrogens (primary N) is 1. The molecule has 9 nitrogen and oxygen atoms in total. The van der Waals surface area contributed by atoms with E-state index in [-0.39, 0.29) is 17.9 Å². The number of aliphatic hydroxyl groups is 1. The fourth-order valence-electron chi connectivity index (χ4n) is 4.44. The van der Waals surface area contributed by atoms with Crippen molar-refractivity contribution in [1.29, 1.82) is 0 Å². The minimum atomic E-state index is -0.799. The molecular weight excluding hydrogens is 486 g/mol. The number of aliphatic hydroxyl groups excluding tert-OH is 1. The maximum Gasteiger partial charge on any atom is 0.295 e. The van der Waals surface area contributed by atoms with E-state index in [1.807, 2.05) is 13.8 Å². The van der Waals surface area contributed by atoms with Gasteiger partial charge in [-0.1, -0.05) is 38.6 Å². The molecule has 1 fully saturated rings. The first-order valence-corrected chi connectivity index (χ1v) is 12.6. The van der Waals surface area contributed by atoms with E-state index < -0.39 is 23.6 Å². The molecule has 2 amide bonds. The van der Waals surface area contributed by atoms with Gasteiger partial charge in [-0.15, -0.1) is 0 Å². The first-order valence-electron chi connectivity index (χ1n) is 12.6. The van der Waals surface area contributed by atoms with E-state index in [1.54, 1.807) is 55.5 Å². The largest absolute Gasteiger partial charge is 0.507 e. The van der Waals surface area contributed by atoms with Crippen LogP contribution in [-0.4, -0.2) is 71.9 Å². The van der Waals surface area contributed by atoms with E-state index in [1.165, 1.54) is 4.90 Å². The third-order valence-corrected chi connectivity index (χ3v) is 6.49. The summed E-state index contributed by atoms with van der Waals surface area (Å²) < 4.78 is 10.9. The summed E-state index contributed by atoms with van der Waals surface area (Å²) in [7, 11) is 0. The first-order chi connectivity index (χ1) is 18.2. The van der Waals surface area contributed by atoms with Crippen LogP contribution >= 0.6 is 0 Å². The average molecular weight is 522 g/mol. The molecule has 0 spiro atoms. The smallest absolute Gasteiger partial charge is 0.295 e. The van der Waals surface area contributed by atoms with E-state index >= 15 is 0 Å². The van der Waals surface area contributed by atoms with Crippen molar-refractivity contribution in [3.63, 3.8) is 0 Å². The van der Waals surface area contributed by atoms with Gasteiger partial charge in [-0.25, -0.2) is 0 Å². The SMILES string of the molecule is C=CCOc1ccc(/C(O)=C2\C(=O)C(=O)N(CCN(CC)CC)C2c2ccc(OCC(N)=O)cc2)c(C)c1. The number of likely N-dealkylation sites (N-methyl/N-ethyl adjacent to an activating group) is 1. The number of primary amides is 1. The molecule has 3 N–H and O–H groups in total. The number of carbonyl (C=O) groups excluding carboxylic acids is 3. The Labute approximate surface area is 223 Å². The zero-order valence-electron chi connectivity index (χ0n) is 22.1. The molecule has 0 aliphatic carbocycles. The molecule has 9 heteroatoms. The summed E-state index contributed by atoms with van der Waals surface area (Å²) in [6.45, 7) is 12.1. The summed E-state index contributed by atoms with van der Waals surface area (Å²) in [6.07, 6.45) is 1.63. The van der Waals surface area contributed by atoms with Crippen molar-refractivity contribution in [3.05, 3.63) is 77.4 Å². The van der Waals surface area contributed by atoms with Crippen molar-refractivity contribution in [3.8, 4) is 11.5 Å². The Morgan fingerprint density at radius 1 is 1.11 bits per heavy atom. The van der Waals surface area contributed by atoms with E-state index in [0.717, 1.165) is 13.1 Å². The van der Waals surface area contributed by atoms with Crippen LogP contribution < -0.4 is 15.2 Å². The van der Waals surface area contributed by atoms with Gasteiger partial charge < -0.3 is 30.1 Å². The molecule has 1 unspecified atom stereocenters. The third kappa shape index (κ3) is 6.41. The molecule has 1 atom stereocenters. The van der Waals surface area contributed by atoms with Crippen molar-refractivity contribution in [1.82, 2.24) is 9.80 Å². The number of Topliss-reactive ketones (excluding diaryl/α,β-unsaturated/α-hetero) is 1. The predicted octanol–water partition coefficient (Wildman–Crippen LogP) is 3.19. The van der Waals surface area contributed by atoms with Crippen LogP contribution in [0.2, 0.25) is 0 Å². The highest BCUT2D eigenvalue weighted by molar-refractivity contribution is 6.46. The zero-order chi connectivity index (χ0) is 27.8. The van der Waals surface area contributed by atoms with Gasteiger partial charge in [-0.3, -0.25) is 14.4 Å². The van der Waals surface area contributed by atoms with Gasteiger partial charge in [0, 0.05) is 18.7 Å². The minimum Gasteiger partial charge on any atom is -0.507 e. The predicted molar refractivity (Wildman–Crippen MR) is 145 cm³/mol. The number of nitrogens with zero attached hydrogens (tertiary/aromatic N) is 2. The van der Waals surface area contributed by atoms with Gasteiger partial charge in [0.05, 0.1) is 11.6 Å². The Hall–Kier alpha value is -4.11. The van der Waals surface area contributed by atoms with Crippen molar-refractivity contribution < 1.29 is 29.0 Å². The molecule has 0 radical (unpaired) electrons. The van der Waals surface area contributed by atoms with Gasteiger partial charge >= 0.3 is 0 Å². The number of hydrogen-bond donors (Lipinski definition) is 2. The number of likely N-dealkylation sites (tertiary alicyclic amines) is 1. The molecule has 0 bridgehead atoms. The van der Waals surface area contributed by atoms with E-state index in [9.17, 15) is 19.5 Å². The Balaban J connectivity index is 2.06. The zero-order valence-corrected chi connectivity index (χ0v) is 22.1.